The highest BCUT2D eigenvalue weighted by atomic mass is 16.3. The zero-order chi connectivity index (χ0) is 12.1. The van der Waals surface area contributed by atoms with Crippen molar-refractivity contribution in [1.82, 2.24) is 9.97 Å². The number of aliphatic hydroxyl groups excluding tert-OH is 1. The first-order valence-corrected chi connectivity index (χ1v) is 5.51. The van der Waals surface area contributed by atoms with Crippen molar-refractivity contribution in [1.29, 1.82) is 0 Å². The zero-order valence-electron chi connectivity index (χ0n) is 9.40. The third-order valence-corrected chi connectivity index (χ3v) is 2.77. The molecule has 0 radical (unpaired) electrons. The lowest BCUT2D eigenvalue weighted by atomic mass is 9.91. The number of nitrogens with two attached hydrogens (primary N) is 1. The summed E-state index contributed by atoms with van der Waals surface area (Å²) in [6.07, 6.45) is 6.12. The molecule has 0 saturated heterocycles. The summed E-state index contributed by atoms with van der Waals surface area (Å²) in [4.78, 5) is 8.05. The number of hydrogen-bond donors (Lipinski definition) is 2. The predicted octanol–water partition coefficient (Wildman–Crippen LogP) is 1.25. The van der Waals surface area contributed by atoms with E-state index in [1.165, 1.54) is 0 Å². The minimum absolute atomic E-state index is 0.159. The molecule has 2 aromatic heterocycles. The van der Waals surface area contributed by atoms with E-state index in [1.807, 2.05) is 18.2 Å². The molecule has 3 N–H and O–H groups in total. The third kappa shape index (κ3) is 2.67. The van der Waals surface area contributed by atoms with E-state index in [-0.39, 0.29) is 5.92 Å². The smallest absolute Gasteiger partial charge is 0.0886 e. The molecule has 2 aromatic rings. The molecule has 0 fully saturated rings. The van der Waals surface area contributed by atoms with Gasteiger partial charge < -0.3 is 10.8 Å². The fourth-order valence-electron chi connectivity index (χ4n) is 1.83. The highest BCUT2D eigenvalue weighted by Crippen LogP contribution is 2.28. The van der Waals surface area contributed by atoms with Crippen LogP contribution in [0, 0.1) is 0 Å². The molecule has 2 atom stereocenters. The molecule has 17 heavy (non-hydrogen) atoms. The molecule has 0 aromatic carbocycles. The average molecular weight is 229 g/mol. The van der Waals surface area contributed by atoms with E-state index in [4.69, 9.17) is 5.73 Å². The van der Waals surface area contributed by atoms with Gasteiger partial charge >= 0.3 is 0 Å². The molecule has 88 valence electrons. The van der Waals surface area contributed by atoms with E-state index in [9.17, 15) is 5.11 Å². The maximum atomic E-state index is 10.3. The van der Waals surface area contributed by atoms with Gasteiger partial charge in [-0.1, -0.05) is 12.1 Å². The molecule has 0 aliphatic heterocycles. The van der Waals surface area contributed by atoms with Crippen LogP contribution in [0.2, 0.25) is 0 Å². The van der Waals surface area contributed by atoms with E-state index in [0.29, 0.717) is 6.54 Å². The van der Waals surface area contributed by atoms with Crippen LogP contribution in [0.25, 0.3) is 0 Å². The Hall–Kier alpha value is -1.78. The van der Waals surface area contributed by atoms with Crippen LogP contribution in [0.15, 0.2) is 49.1 Å². The van der Waals surface area contributed by atoms with Crippen LogP contribution in [-0.2, 0) is 0 Å². The van der Waals surface area contributed by atoms with Crippen LogP contribution in [0.1, 0.15) is 23.1 Å². The van der Waals surface area contributed by atoms with Crippen molar-refractivity contribution >= 4 is 0 Å². The summed E-state index contributed by atoms with van der Waals surface area (Å²) in [6, 6.07) is 7.41. The fraction of sp³-hybridized carbons (Fsp3) is 0.231. The van der Waals surface area contributed by atoms with Crippen molar-refractivity contribution in [2.75, 3.05) is 6.54 Å². The Morgan fingerprint density at radius 2 is 1.65 bits per heavy atom. The maximum Gasteiger partial charge on any atom is 0.0886 e. The van der Waals surface area contributed by atoms with Crippen molar-refractivity contribution in [2.45, 2.75) is 12.0 Å². The van der Waals surface area contributed by atoms with Crippen LogP contribution < -0.4 is 5.73 Å². The van der Waals surface area contributed by atoms with Crippen LogP contribution in [0.3, 0.4) is 0 Å². The molecular weight excluding hydrogens is 214 g/mol. The molecule has 0 spiro atoms. The molecular formula is C13H15N3O. The number of nitrogens with zero attached hydrogens (tertiary/aromatic N) is 2. The SMILES string of the molecule is NCC(c1cccnc1)C(O)c1cccnc1. The van der Waals surface area contributed by atoms with Gasteiger partial charge in [-0.2, -0.15) is 0 Å². The average Bonchev–Trinajstić information content (AvgIpc) is 2.42. The van der Waals surface area contributed by atoms with Gasteiger partial charge in [0.2, 0.25) is 0 Å². The second kappa shape index (κ2) is 5.52. The molecule has 0 saturated carbocycles. The van der Waals surface area contributed by atoms with E-state index in [0.717, 1.165) is 11.1 Å². The summed E-state index contributed by atoms with van der Waals surface area (Å²) >= 11 is 0. The number of hydrogen-bond acceptors (Lipinski definition) is 4. The monoisotopic (exact) mass is 229 g/mol. The molecule has 2 unspecified atom stereocenters. The van der Waals surface area contributed by atoms with Crippen molar-refractivity contribution in [3.8, 4) is 0 Å². The van der Waals surface area contributed by atoms with Crippen molar-refractivity contribution in [2.24, 2.45) is 5.73 Å². The van der Waals surface area contributed by atoms with E-state index in [1.54, 1.807) is 30.9 Å². The molecule has 0 aliphatic carbocycles. The lowest BCUT2D eigenvalue weighted by molar-refractivity contribution is 0.147. The first kappa shape index (κ1) is 11.7. The number of pyridine rings is 2. The van der Waals surface area contributed by atoms with Crippen LogP contribution >= 0.6 is 0 Å². The fourth-order valence-corrected chi connectivity index (χ4v) is 1.83. The topological polar surface area (TPSA) is 72.0 Å². The molecule has 0 amide bonds. The van der Waals surface area contributed by atoms with Gasteiger partial charge in [0, 0.05) is 37.3 Å². The quantitative estimate of drug-likeness (QED) is 0.827. The van der Waals surface area contributed by atoms with Crippen LogP contribution in [0.5, 0.6) is 0 Å². The van der Waals surface area contributed by atoms with Crippen molar-refractivity contribution < 1.29 is 5.11 Å². The van der Waals surface area contributed by atoms with Gasteiger partial charge in [-0.05, 0) is 23.3 Å². The molecule has 2 rings (SSSR count). The third-order valence-electron chi connectivity index (χ3n) is 2.77. The molecule has 0 aliphatic rings. The van der Waals surface area contributed by atoms with Crippen molar-refractivity contribution in [3.05, 3.63) is 60.2 Å². The van der Waals surface area contributed by atoms with Gasteiger partial charge in [0.15, 0.2) is 0 Å². The van der Waals surface area contributed by atoms with Gasteiger partial charge in [-0.3, -0.25) is 9.97 Å². The Morgan fingerprint density at radius 3 is 2.12 bits per heavy atom. The Kier molecular flexibility index (Phi) is 3.80. The van der Waals surface area contributed by atoms with Crippen LogP contribution in [0.4, 0.5) is 0 Å². The second-order valence-electron chi connectivity index (χ2n) is 3.86. The Balaban J connectivity index is 2.25. The minimum Gasteiger partial charge on any atom is -0.388 e. The zero-order valence-corrected chi connectivity index (χ0v) is 9.40. The largest absolute Gasteiger partial charge is 0.388 e. The normalized spacial score (nSPS) is 14.2. The number of rotatable bonds is 4. The molecule has 4 nitrogen and oxygen atoms in total. The summed E-state index contributed by atoms with van der Waals surface area (Å²) in [5, 5.41) is 10.3. The Bertz CT molecular complexity index is 447. The molecule has 2 heterocycles. The van der Waals surface area contributed by atoms with Gasteiger partial charge in [0.25, 0.3) is 0 Å². The Morgan fingerprint density at radius 1 is 1.06 bits per heavy atom. The maximum absolute atomic E-state index is 10.3. The highest BCUT2D eigenvalue weighted by molar-refractivity contribution is 5.23. The van der Waals surface area contributed by atoms with E-state index < -0.39 is 6.10 Å². The number of aliphatic hydroxyl groups is 1. The second-order valence-corrected chi connectivity index (χ2v) is 3.86. The minimum atomic E-state index is -0.655. The number of aromatic nitrogens is 2. The summed E-state index contributed by atoms with van der Waals surface area (Å²) in [5.41, 5.74) is 7.44. The summed E-state index contributed by atoms with van der Waals surface area (Å²) < 4.78 is 0. The highest BCUT2D eigenvalue weighted by Gasteiger charge is 2.21. The van der Waals surface area contributed by atoms with E-state index >= 15 is 0 Å². The van der Waals surface area contributed by atoms with Crippen molar-refractivity contribution in [3.63, 3.8) is 0 Å². The first-order valence-electron chi connectivity index (χ1n) is 5.51. The summed E-state index contributed by atoms with van der Waals surface area (Å²) in [6.45, 7) is 0.363. The van der Waals surface area contributed by atoms with E-state index in [2.05, 4.69) is 9.97 Å². The summed E-state index contributed by atoms with van der Waals surface area (Å²) in [5.74, 6) is -0.159. The first-order chi connectivity index (χ1) is 8.33. The summed E-state index contributed by atoms with van der Waals surface area (Å²) in [7, 11) is 0. The standard InChI is InChI=1S/C13H15N3O/c14-7-12(10-3-1-5-15-8-10)13(17)11-4-2-6-16-9-11/h1-6,8-9,12-13,17H,7,14H2. The van der Waals surface area contributed by atoms with Gasteiger partial charge in [0.1, 0.15) is 0 Å². The molecule has 0 bridgehead atoms. The van der Waals surface area contributed by atoms with Gasteiger partial charge in [-0.15, -0.1) is 0 Å². The lowest BCUT2D eigenvalue weighted by Crippen LogP contribution is -2.20. The predicted molar refractivity (Wildman–Crippen MR) is 65.2 cm³/mol. The Labute approximate surface area is 100 Å². The van der Waals surface area contributed by atoms with Gasteiger partial charge in [0.05, 0.1) is 6.10 Å². The molecule has 4 heteroatoms. The van der Waals surface area contributed by atoms with Gasteiger partial charge in [-0.25, -0.2) is 0 Å². The van der Waals surface area contributed by atoms with Crippen LogP contribution in [-0.4, -0.2) is 21.6 Å². The lowest BCUT2D eigenvalue weighted by Gasteiger charge is -2.21.